The van der Waals surface area contributed by atoms with Gasteiger partial charge in [0.25, 0.3) is 0 Å². The summed E-state index contributed by atoms with van der Waals surface area (Å²) in [6, 6.07) is 7.33. The standard InChI is InChI=1S/C18H22FN5O2/c1-21(2)18(26)16-12-22(15-6-4-14(19)5-7-15)10-11-24(16)17(25)13-23-9-3-8-20-23/h3-9,16H,10-13H2,1-2H3. The molecule has 0 N–H and O–H groups in total. The lowest BCUT2D eigenvalue weighted by Gasteiger charge is -2.42. The number of hydrogen-bond donors (Lipinski definition) is 0. The fraction of sp³-hybridized carbons (Fsp3) is 0.389. The maximum atomic E-state index is 13.2. The predicted octanol–water partition coefficient (Wildman–Crippen LogP) is 0.828. The molecule has 0 aliphatic carbocycles. The van der Waals surface area contributed by atoms with Gasteiger partial charge in [-0.2, -0.15) is 5.10 Å². The number of aromatic nitrogens is 2. The van der Waals surface area contributed by atoms with E-state index in [-0.39, 0.29) is 24.2 Å². The highest BCUT2D eigenvalue weighted by atomic mass is 19.1. The van der Waals surface area contributed by atoms with Gasteiger partial charge in [0.15, 0.2) is 0 Å². The molecule has 7 nitrogen and oxygen atoms in total. The average Bonchev–Trinajstić information content (AvgIpc) is 3.14. The topological polar surface area (TPSA) is 61.7 Å². The SMILES string of the molecule is CN(C)C(=O)C1CN(c2ccc(F)cc2)CCN1C(=O)Cn1cccn1. The minimum Gasteiger partial charge on any atom is -0.367 e. The number of anilines is 1. The van der Waals surface area contributed by atoms with Crippen molar-refractivity contribution in [3.8, 4) is 0 Å². The normalized spacial score (nSPS) is 17.3. The lowest BCUT2D eigenvalue weighted by Crippen LogP contribution is -2.61. The number of benzene rings is 1. The number of piperazine rings is 1. The van der Waals surface area contributed by atoms with Crippen LogP contribution in [-0.4, -0.2) is 71.2 Å². The van der Waals surface area contributed by atoms with E-state index in [0.29, 0.717) is 19.6 Å². The van der Waals surface area contributed by atoms with Gasteiger partial charge in [0.1, 0.15) is 18.4 Å². The Bertz CT molecular complexity index is 760. The zero-order valence-electron chi connectivity index (χ0n) is 14.9. The van der Waals surface area contributed by atoms with Crippen molar-refractivity contribution in [2.24, 2.45) is 0 Å². The Morgan fingerprint density at radius 2 is 1.96 bits per heavy atom. The molecule has 0 radical (unpaired) electrons. The summed E-state index contributed by atoms with van der Waals surface area (Å²) in [5.74, 6) is -0.582. The Morgan fingerprint density at radius 1 is 1.23 bits per heavy atom. The molecule has 0 spiro atoms. The second-order valence-electron chi connectivity index (χ2n) is 6.46. The lowest BCUT2D eigenvalue weighted by molar-refractivity contribution is -0.145. The Hall–Kier alpha value is -2.90. The number of likely N-dealkylation sites (N-methyl/N-ethyl adjacent to an activating group) is 1. The van der Waals surface area contributed by atoms with Crippen molar-refractivity contribution in [3.63, 3.8) is 0 Å². The maximum absolute atomic E-state index is 13.2. The molecule has 1 aromatic carbocycles. The molecule has 1 fully saturated rings. The van der Waals surface area contributed by atoms with Gasteiger partial charge in [0.05, 0.1) is 0 Å². The Kier molecular flexibility index (Phi) is 5.20. The van der Waals surface area contributed by atoms with Crippen LogP contribution in [-0.2, 0) is 16.1 Å². The zero-order chi connectivity index (χ0) is 18.7. The van der Waals surface area contributed by atoms with Gasteiger partial charge in [0, 0.05) is 51.8 Å². The van der Waals surface area contributed by atoms with Crippen LogP contribution in [0.3, 0.4) is 0 Å². The quantitative estimate of drug-likeness (QED) is 0.811. The molecular weight excluding hydrogens is 337 g/mol. The summed E-state index contributed by atoms with van der Waals surface area (Å²) >= 11 is 0. The molecular formula is C18H22FN5O2. The number of amides is 2. The maximum Gasteiger partial charge on any atom is 0.246 e. The number of rotatable bonds is 4. The minimum absolute atomic E-state index is 0.0980. The molecule has 0 saturated carbocycles. The van der Waals surface area contributed by atoms with E-state index in [1.165, 1.54) is 17.0 Å². The molecule has 2 aromatic rings. The van der Waals surface area contributed by atoms with Crippen LogP contribution in [0.4, 0.5) is 10.1 Å². The first-order valence-electron chi connectivity index (χ1n) is 8.44. The van der Waals surface area contributed by atoms with Crippen molar-refractivity contribution in [2.45, 2.75) is 12.6 Å². The number of hydrogen-bond acceptors (Lipinski definition) is 4. The number of halogens is 1. The number of carbonyl (C=O) groups excluding carboxylic acids is 2. The Morgan fingerprint density at radius 3 is 2.58 bits per heavy atom. The molecule has 2 heterocycles. The van der Waals surface area contributed by atoms with Crippen molar-refractivity contribution < 1.29 is 14.0 Å². The summed E-state index contributed by atoms with van der Waals surface area (Å²) < 4.78 is 14.7. The molecule has 2 amide bonds. The van der Waals surface area contributed by atoms with Crippen molar-refractivity contribution in [1.82, 2.24) is 19.6 Å². The monoisotopic (exact) mass is 359 g/mol. The summed E-state index contributed by atoms with van der Waals surface area (Å²) in [5.41, 5.74) is 0.835. The summed E-state index contributed by atoms with van der Waals surface area (Å²) in [5, 5.41) is 4.05. The highest BCUT2D eigenvalue weighted by molar-refractivity contribution is 5.88. The zero-order valence-corrected chi connectivity index (χ0v) is 14.9. The molecule has 1 atom stereocenters. The third-order valence-corrected chi connectivity index (χ3v) is 4.47. The lowest BCUT2D eigenvalue weighted by atomic mass is 10.1. The summed E-state index contributed by atoms with van der Waals surface area (Å²) in [4.78, 5) is 30.5. The fourth-order valence-corrected chi connectivity index (χ4v) is 3.10. The number of nitrogens with zero attached hydrogens (tertiary/aromatic N) is 5. The summed E-state index contributed by atoms with van der Waals surface area (Å²) in [6.07, 6.45) is 3.33. The fourth-order valence-electron chi connectivity index (χ4n) is 3.10. The van der Waals surface area contributed by atoms with E-state index in [1.54, 1.807) is 54.3 Å². The molecule has 1 unspecified atom stereocenters. The third kappa shape index (κ3) is 3.84. The highest BCUT2D eigenvalue weighted by Crippen LogP contribution is 2.21. The molecule has 1 aliphatic heterocycles. The molecule has 3 rings (SSSR count). The van der Waals surface area contributed by atoms with E-state index >= 15 is 0 Å². The van der Waals surface area contributed by atoms with Gasteiger partial charge in [-0.25, -0.2) is 4.39 Å². The van der Waals surface area contributed by atoms with Crippen molar-refractivity contribution in [2.75, 3.05) is 38.6 Å². The minimum atomic E-state index is -0.591. The van der Waals surface area contributed by atoms with Crippen molar-refractivity contribution in [1.29, 1.82) is 0 Å². The van der Waals surface area contributed by atoms with Crippen LogP contribution in [0.15, 0.2) is 42.7 Å². The molecule has 1 saturated heterocycles. The second kappa shape index (κ2) is 7.55. The van der Waals surface area contributed by atoms with Gasteiger partial charge in [-0.3, -0.25) is 14.3 Å². The average molecular weight is 359 g/mol. The van der Waals surface area contributed by atoms with Crippen LogP contribution in [0, 0.1) is 5.82 Å². The molecule has 138 valence electrons. The highest BCUT2D eigenvalue weighted by Gasteiger charge is 2.36. The molecule has 26 heavy (non-hydrogen) atoms. The summed E-state index contributed by atoms with van der Waals surface area (Å²) in [6.45, 7) is 1.46. The van der Waals surface area contributed by atoms with E-state index in [1.807, 2.05) is 4.90 Å². The molecule has 1 aromatic heterocycles. The van der Waals surface area contributed by atoms with Crippen LogP contribution in [0.1, 0.15) is 0 Å². The van der Waals surface area contributed by atoms with Gasteiger partial charge in [0.2, 0.25) is 11.8 Å². The third-order valence-electron chi connectivity index (χ3n) is 4.47. The van der Waals surface area contributed by atoms with Gasteiger partial charge in [-0.15, -0.1) is 0 Å². The van der Waals surface area contributed by atoms with Gasteiger partial charge < -0.3 is 14.7 Å². The first-order valence-corrected chi connectivity index (χ1v) is 8.44. The van der Waals surface area contributed by atoms with E-state index in [2.05, 4.69) is 5.10 Å². The smallest absolute Gasteiger partial charge is 0.246 e. The van der Waals surface area contributed by atoms with Gasteiger partial charge >= 0.3 is 0 Å². The summed E-state index contributed by atoms with van der Waals surface area (Å²) in [7, 11) is 3.35. The Balaban J connectivity index is 1.78. The molecule has 0 bridgehead atoms. The van der Waals surface area contributed by atoms with Crippen LogP contribution < -0.4 is 4.90 Å². The van der Waals surface area contributed by atoms with Gasteiger partial charge in [-0.1, -0.05) is 0 Å². The van der Waals surface area contributed by atoms with Gasteiger partial charge in [-0.05, 0) is 30.3 Å². The van der Waals surface area contributed by atoms with E-state index < -0.39 is 6.04 Å². The van der Waals surface area contributed by atoms with Crippen LogP contribution >= 0.6 is 0 Å². The van der Waals surface area contributed by atoms with E-state index in [9.17, 15) is 14.0 Å². The van der Waals surface area contributed by atoms with Crippen LogP contribution in [0.5, 0.6) is 0 Å². The largest absolute Gasteiger partial charge is 0.367 e. The molecule has 1 aliphatic rings. The predicted molar refractivity (Wildman–Crippen MR) is 95.0 cm³/mol. The van der Waals surface area contributed by atoms with E-state index in [4.69, 9.17) is 0 Å². The van der Waals surface area contributed by atoms with E-state index in [0.717, 1.165) is 5.69 Å². The first-order chi connectivity index (χ1) is 12.5. The van der Waals surface area contributed by atoms with Crippen LogP contribution in [0.25, 0.3) is 0 Å². The van der Waals surface area contributed by atoms with Crippen LogP contribution in [0.2, 0.25) is 0 Å². The first kappa shape index (κ1) is 17.9. The van der Waals surface area contributed by atoms with Crippen molar-refractivity contribution >= 4 is 17.5 Å². The molecule has 8 heteroatoms. The second-order valence-corrected chi connectivity index (χ2v) is 6.46. The Labute approximate surface area is 151 Å². The number of carbonyl (C=O) groups is 2. The van der Waals surface area contributed by atoms with Crippen molar-refractivity contribution in [3.05, 3.63) is 48.5 Å².